The standard InChI is InChI=1S/C13H12BrN3O2/c1-18-8-4-2-7(3-5-8)9-10-12(15)16-6-17-13(10)19-11(9)14/h2-6,9,11H,1H3,(H2,15,16,17). The summed E-state index contributed by atoms with van der Waals surface area (Å²) in [5, 5.41) is -0.199. The number of halogens is 1. The van der Waals surface area contributed by atoms with Crippen molar-refractivity contribution in [2.24, 2.45) is 0 Å². The minimum Gasteiger partial charge on any atom is -0.497 e. The summed E-state index contributed by atoms with van der Waals surface area (Å²) in [5.74, 6) is 1.77. The van der Waals surface area contributed by atoms with Gasteiger partial charge in [-0.2, -0.15) is 0 Å². The summed E-state index contributed by atoms with van der Waals surface area (Å²) in [6.45, 7) is 0. The summed E-state index contributed by atoms with van der Waals surface area (Å²) >= 11 is 3.52. The van der Waals surface area contributed by atoms with Crippen LogP contribution in [0.25, 0.3) is 0 Å². The molecule has 0 saturated heterocycles. The highest BCUT2D eigenvalue weighted by Gasteiger charge is 2.37. The van der Waals surface area contributed by atoms with Gasteiger partial charge in [0.25, 0.3) is 0 Å². The number of aromatic nitrogens is 2. The Morgan fingerprint density at radius 2 is 2.00 bits per heavy atom. The highest BCUT2D eigenvalue weighted by Crippen LogP contribution is 2.45. The molecule has 2 heterocycles. The maximum absolute atomic E-state index is 5.94. The topological polar surface area (TPSA) is 70.3 Å². The largest absolute Gasteiger partial charge is 0.497 e. The molecule has 0 fully saturated rings. The number of nitrogens with zero attached hydrogens (tertiary/aromatic N) is 2. The van der Waals surface area contributed by atoms with Crippen molar-refractivity contribution in [1.29, 1.82) is 0 Å². The summed E-state index contributed by atoms with van der Waals surface area (Å²) in [7, 11) is 1.64. The Morgan fingerprint density at radius 1 is 1.26 bits per heavy atom. The van der Waals surface area contributed by atoms with E-state index in [9.17, 15) is 0 Å². The van der Waals surface area contributed by atoms with Crippen molar-refractivity contribution < 1.29 is 9.47 Å². The maximum atomic E-state index is 5.94. The fourth-order valence-electron chi connectivity index (χ4n) is 2.21. The lowest BCUT2D eigenvalue weighted by Crippen LogP contribution is -2.12. The van der Waals surface area contributed by atoms with Crippen LogP contribution in [0, 0.1) is 0 Å². The van der Waals surface area contributed by atoms with Crippen molar-refractivity contribution in [3.05, 3.63) is 41.7 Å². The number of hydrogen-bond donors (Lipinski definition) is 1. The number of ether oxygens (including phenoxy) is 2. The second kappa shape index (κ2) is 4.70. The Kier molecular flexibility index (Phi) is 3.02. The molecule has 1 aliphatic rings. The fourth-order valence-corrected chi connectivity index (χ4v) is 2.96. The van der Waals surface area contributed by atoms with Gasteiger partial charge in [-0.25, -0.2) is 9.97 Å². The van der Waals surface area contributed by atoms with Crippen molar-refractivity contribution in [2.75, 3.05) is 12.8 Å². The summed E-state index contributed by atoms with van der Waals surface area (Å²) in [6.07, 6.45) is 1.41. The monoisotopic (exact) mass is 321 g/mol. The molecular formula is C13H12BrN3O2. The van der Waals surface area contributed by atoms with Crippen molar-refractivity contribution in [3.8, 4) is 11.6 Å². The number of nitrogens with two attached hydrogens (primary N) is 1. The van der Waals surface area contributed by atoms with Crippen molar-refractivity contribution in [1.82, 2.24) is 9.97 Å². The van der Waals surface area contributed by atoms with E-state index in [0.717, 1.165) is 16.9 Å². The zero-order valence-corrected chi connectivity index (χ0v) is 11.8. The van der Waals surface area contributed by atoms with E-state index in [-0.39, 0.29) is 10.9 Å². The fraction of sp³-hybridized carbons (Fsp3) is 0.231. The van der Waals surface area contributed by atoms with Gasteiger partial charge < -0.3 is 15.2 Å². The highest BCUT2D eigenvalue weighted by molar-refractivity contribution is 9.09. The summed E-state index contributed by atoms with van der Waals surface area (Å²) in [4.78, 5) is 8.15. The van der Waals surface area contributed by atoms with Gasteiger partial charge in [-0.05, 0) is 33.6 Å². The van der Waals surface area contributed by atoms with E-state index in [4.69, 9.17) is 15.2 Å². The van der Waals surface area contributed by atoms with Crippen LogP contribution in [0.5, 0.6) is 11.6 Å². The number of methoxy groups -OCH3 is 1. The molecule has 2 N–H and O–H groups in total. The quantitative estimate of drug-likeness (QED) is 0.859. The van der Waals surface area contributed by atoms with Crippen LogP contribution in [0.2, 0.25) is 0 Å². The Hall–Kier alpha value is -1.82. The molecule has 2 atom stereocenters. The third-order valence-electron chi connectivity index (χ3n) is 3.15. The van der Waals surface area contributed by atoms with E-state index in [0.29, 0.717) is 11.7 Å². The molecule has 2 aromatic rings. The van der Waals surface area contributed by atoms with Gasteiger partial charge in [-0.1, -0.05) is 12.1 Å². The highest BCUT2D eigenvalue weighted by atomic mass is 79.9. The van der Waals surface area contributed by atoms with Gasteiger partial charge in [-0.3, -0.25) is 0 Å². The number of alkyl halides is 1. The molecule has 0 amide bonds. The molecule has 1 aliphatic heterocycles. The predicted molar refractivity (Wildman–Crippen MR) is 74.6 cm³/mol. The smallest absolute Gasteiger partial charge is 0.223 e. The SMILES string of the molecule is COc1ccc(C2c3c(N)ncnc3OC2Br)cc1. The van der Waals surface area contributed by atoms with Crippen LogP contribution in [0.3, 0.4) is 0 Å². The zero-order valence-electron chi connectivity index (χ0n) is 10.2. The third-order valence-corrected chi connectivity index (χ3v) is 3.87. The van der Waals surface area contributed by atoms with Crippen molar-refractivity contribution in [3.63, 3.8) is 0 Å². The molecule has 5 nitrogen and oxygen atoms in total. The third kappa shape index (κ3) is 2.02. The summed E-state index contributed by atoms with van der Waals surface area (Å²) in [5.41, 5.74) is 7.84. The Balaban J connectivity index is 2.05. The average Bonchev–Trinajstić information content (AvgIpc) is 2.76. The van der Waals surface area contributed by atoms with Gasteiger partial charge in [0.05, 0.1) is 18.6 Å². The normalized spacial score (nSPS) is 20.7. The van der Waals surface area contributed by atoms with Crippen molar-refractivity contribution >= 4 is 21.7 Å². The Morgan fingerprint density at radius 3 is 2.68 bits per heavy atom. The van der Waals surface area contributed by atoms with Gasteiger partial charge in [0.2, 0.25) is 5.88 Å². The van der Waals surface area contributed by atoms with Gasteiger partial charge in [0, 0.05) is 0 Å². The molecule has 0 radical (unpaired) electrons. The van der Waals surface area contributed by atoms with Gasteiger partial charge in [0.15, 0.2) is 5.01 Å². The number of benzene rings is 1. The molecule has 6 heteroatoms. The predicted octanol–water partition coefficient (Wildman–Crippen LogP) is 2.31. The first kappa shape index (κ1) is 12.2. The van der Waals surface area contributed by atoms with Crippen LogP contribution in [-0.2, 0) is 0 Å². The molecule has 0 spiro atoms. The summed E-state index contributed by atoms with van der Waals surface area (Å²) in [6, 6.07) is 7.80. The second-order valence-electron chi connectivity index (χ2n) is 4.20. The van der Waals surface area contributed by atoms with Crippen LogP contribution < -0.4 is 15.2 Å². The van der Waals surface area contributed by atoms with E-state index in [1.807, 2.05) is 24.3 Å². The van der Waals surface area contributed by atoms with Crippen LogP contribution in [-0.4, -0.2) is 22.1 Å². The number of hydrogen-bond acceptors (Lipinski definition) is 5. The first-order valence-electron chi connectivity index (χ1n) is 5.75. The van der Waals surface area contributed by atoms with Crippen LogP contribution in [0.4, 0.5) is 5.82 Å². The maximum Gasteiger partial charge on any atom is 0.223 e. The Labute approximate surface area is 118 Å². The first-order valence-corrected chi connectivity index (χ1v) is 6.67. The zero-order chi connectivity index (χ0) is 13.4. The molecule has 0 aliphatic carbocycles. The van der Waals surface area contributed by atoms with Gasteiger partial charge in [0.1, 0.15) is 17.9 Å². The number of fused-ring (bicyclic) bond motifs is 1. The van der Waals surface area contributed by atoms with E-state index in [1.54, 1.807) is 7.11 Å². The van der Waals surface area contributed by atoms with Gasteiger partial charge >= 0.3 is 0 Å². The lowest BCUT2D eigenvalue weighted by molar-refractivity contribution is 0.305. The molecule has 3 rings (SSSR count). The van der Waals surface area contributed by atoms with E-state index in [2.05, 4.69) is 25.9 Å². The van der Waals surface area contributed by atoms with E-state index >= 15 is 0 Å². The molecule has 1 aromatic heterocycles. The van der Waals surface area contributed by atoms with Crippen LogP contribution in [0.1, 0.15) is 17.0 Å². The van der Waals surface area contributed by atoms with E-state index < -0.39 is 0 Å². The molecule has 0 bridgehead atoms. The second-order valence-corrected chi connectivity index (χ2v) is 5.10. The lowest BCUT2D eigenvalue weighted by Gasteiger charge is -2.14. The number of rotatable bonds is 2. The van der Waals surface area contributed by atoms with Crippen LogP contribution >= 0.6 is 15.9 Å². The summed E-state index contributed by atoms with van der Waals surface area (Å²) < 4.78 is 10.8. The number of anilines is 1. The first-order chi connectivity index (χ1) is 9.20. The molecule has 98 valence electrons. The molecule has 19 heavy (non-hydrogen) atoms. The minimum absolute atomic E-state index is 0.0258. The molecule has 0 saturated carbocycles. The van der Waals surface area contributed by atoms with Crippen LogP contribution in [0.15, 0.2) is 30.6 Å². The van der Waals surface area contributed by atoms with E-state index in [1.165, 1.54) is 6.33 Å². The minimum atomic E-state index is -0.199. The average molecular weight is 322 g/mol. The number of nitrogen functional groups attached to an aromatic ring is 1. The lowest BCUT2D eigenvalue weighted by atomic mass is 9.94. The molecule has 1 aromatic carbocycles. The van der Waals surface area contributed by atoms with Gasteiger partial charge in [-0.15, -0.1) is 0 Å². The molecular weight excluding hydrogens is 310 g/mol. The molecule has 2 unspecified atom stereocenters. The van der Waals surface area contributed by atoms with Crippen molar-refractivity contribution in [2.45, 2.75) is 10.9 Å². The Bertz CT molecular complexity index is 603.